The minimum absolute atomic E-state index is 0.0129. The molecule has 28 heavy (non-hydrogen) atoms. The van der Waals surface area contributed by atoms with E-state index in [9.17, 15) is 4.79 Å². The Bertz CT molecular complexity index is 749. The summed E-state index contributed by atoms with van der Waals surface area (Å²) in [6, 6.07) is 16.6. The van der Waals surface area contributed by atoms with E-state index in [1.807, 2.05) is 24.1 Å². The molecule has 0 spiro atoms. The van der Waals surface area contributed by atoms with Gasteiger partial charge in [0.2, 0.25) is 5.91 Å². The van der Waals surface area contributed by atoms with Gasteiger partial charge in [-0.15, -0.1) is 0 Å². The van der Waals surface area contributed by atoms with Crippen LogP contribution in [0.2, 0.25) is 0 Å². The molecule has 0 atom stereocenters. The van der Waals surface area contributed by atoms with Crippen molar-refractivity contribution in [3.05, 3.63) is 59.7 Å². The number of aryl methyl sites for hydroxylation is 1. The van der Waals surface area contributed by atoms with Crippen molar-refractivity contribution < 1.29 is 4.79 Å². The lowest BCUT2D eigenvalue weighted by Crippen LogP contribution is -2.46. The molecule has 2 aromatic rings. The average molecular weight is 381 g/mol. The molecule has 5 heteroatoms. The van der Waals surface area contributed by atoms with E-state index < -0.39 is 0 Å². The fourth-order valence-electron chi connectivity index (χ4n) is 3.58. The van der Waals surface area contributed by atoms with E-state index in [1.54, 1.807) is 0 Å². The van der Waals surface area contributed by atoms with Crippen LogP contribution in [0, 0.1) is 6.92 Å². The van der Waals surface area contributed by atoms with Gasteiger partial charge in [-0.2, -0.15) is 0 Å². The Morgan fingerprint density at radius 2 is 1.64 bits per heavy atom. The number of anilines is 2. The molecule has 0 aliphatic carbocycles. The Labute approximate surface area is 168 Å². The minimum Gasteiger partial charge on any atom is -0.369 e. The monoisotopic (exact) mass is 380 g/mol. The maximum Gasteiger partial charge on any atom is 0.238 e. The summed E-state index contributed by atoms with van der Waals surface area (Å²) in [6.07, 6.45) is 0. The van der Waals surface area contributed by atoms with Gasteiger partial charge in [-0.3, -0.25) is 9.69 Å². The molecular formula is C23H32N4O. The van der Waals surface area contributed by atoms with E-state index in [4.69, 9.17) is 0 Å². The number of piperazine rings is 1. The summed E-state index contributed by atoms with van der Waals surface area (Å²) in [7, 11) is 1.97. The second-order valence-electron chi connectivity index (χ2n) is 7.67. The molecule has 150 valence electrons. The van der Waals surface area contributed by atoms with Crippen molar-refractivity contribution in [2.45, 2.75) is 20.4 Å². The van der Waals surface area contributed by atoms with Gasteiger partial charge >= 0.3 is 0 Å². The van der Waals surface area contributed by atoms with Gasteiger partial charge in [-0.1, -0.05) is 36.8 Å². The molecule has 3 rings (SSSR count). The zero-order valence-corrected chi connectivity index (χ0v) is 17.3. The lowest BCUT2D eigenvalue weighted by atomic mass is 10.1. The SMILES string of the molecule is CCN1CCN(c2ccc(NC(=O)CN(C)Cc3ccc(C)cc3)cc2)CC1. The van der Waals surface area contributed by atoms with Gasteiger partial charge in [0.05, 0.1) is 6.54 Å². The number of benzene rings is 2. The van der Waals surface area contributed by atoms with Crippen LogP contribution in [-0.2, 0) is 11.3 Å². The molecule has 1 fully saturated rings. The third kappa shape index (κ3) is 5.81. The predicted molar refractivity (Wildman–Crippen MR) is 117 cm³/mol. The average Bonchev–Trinajstić information content (AvgIpc) is 2.70. The second kappa shape index (κ2) is 9.71. The zero-order chi connectivity index (χ0) is 19.9. The van der Waals surface area contributed by atoms with Crippen LogP contribution >= 0.6 is 0 Å². The molecule has 2 aromatic carbocycles. The Morgan fingerprint density at radius 3 is 2.25 bits per heavy atom. The summed E-state index contributed by atoms with van der Waals surface area (Å²) in [4.78, 5) is 19.3. The van der Waals surface area contributed by atoms with Crippen LogP contribution < -0.4 is 10.2 Å². The highest BCUT2D eigenvalue weighted by Gasteiger charge is 2.15. The predicted octanol–water partition coefficient (Wildman–Crippen LogP) is 3.21. The van der Waals surface area contributed by atoms with Gasteiger partial charge in [-0.25, -0.2) is 0 Å². The summed E-state index contributed by atoms with van der Waals surface area (Å²) in [6.45, 7) is 10.9. The Balaban J connectivity index is 1.46. The molecule has 1 aliphatic heterocycles. The highest BCUT2D eigenvalue weighted by Crippen LogP contribution is 2.19. The van der Waals surface area contributed by atoms with E-state index in [0.29, 0.717) is 6.54 Å². The summed E-state index contributed by atoms with van der Waals surface area (Å²) in [5.41, 5.74) is 4.54. The van der Waals surface area contributed by atoms with Crippen LogP contribution in [0.25, 0.3) is 0 Å². The molecule has 0 bridgehead atoms. The number of amides is 1. The first-order valence-corrected chi connectivity index (χ1v) is 10.1. The number of nitrogens with one attached hydrogen (secondary N) is 1. The first-order chi connectivity index (χ1) is 13.5. The highest BCUT2D eigenvalue weighted by atomic mass is 16.2. The number of nitrogens with zero attached hydrogens (tertiary/aromatic N) is 3. The standard InChI is InChI=1S/C23H32N4O/c1-4-26-13-15-27(16-14-26)22-11-9-21(10-12-22)24-23(28)18-25(3)17-20-7-5-19(2)6-8-20/h5-12H,4,13-18H2,1-3H3,(H,24,28). The molecule has 1 saturated heterocycles. The number of hydrogen-bond acceptors (Lipinski definition) is 4. The molecule has 0 unspecified atom stereocenters. The Hall–Kier alpha value is -2.37. The quantitative estimate of drug-likeness (QED) is 0.801. The highest BCUT2D eigenvalue weighted by molar-refractivity contribution is 5.92. The number of hydrogen-bond donors (Lipinski definition) is 1. The van der Waals surface area contributed by atoms with Gasteiger partial charge < -0.3 is 15.1 Å². The van der Waals surface area contributed by atoms with Crippen molar-refractivity contribution in [2.75, 3.05) is 56.5 Å². The van der Waals surface area contributed by atoms with Crippen molar-refractivity contribution in [1.29, 1.82) is 0 Å². The summed E-state index contributed by atoms with van der Waals surface area (Å²) >= 11 is 0. The lowest BCUT2D eigenvalue weighted by Gasteiger charge is -2.35. The van der Waals surface area contributed by atoms with E-state index in [1.165, 1.54) is 16.8 Å². The second-order valence-corrected chi connectivity index (χ2v) is 7.67. The van der Waals surface area contributed by atoms with Crippen LogP contribution in [0.5, 0.6) is 0 Å². The van der Waals surface area contributed by atoms with Crippen LogP contribution in [0.4, 0.5) is 11.4 Å². The smallest absolute Gasteiger partial charge is 0.238 e. The normalized spacial score (nSPS) is 15.1. The van der Waals surface area contributed by atoms with Gasteiger partial charge in [-0.05, 0) is 50.3 Å². The summed E-state index contributed by atoms with van der Waals surface area (Å²) in [5.74, 6) is 0.0129. The van der Waals surface area contributed by atoms with Crippen LogP contribution in [0.15, 0.2) is 48.5 Å². The fourth-order valence-corrected chi connectivity index (χ4v) is 3.58. The van der Waals surface area contributed by atoms with Crippen molar-refractivity contribution in [2.24, 2.45) is 0 Å². The van der Waals surface area contributed by atoms with Crippen molar-refractivity contribution in [3.63, 3.8) is 0 Å². The maximum absolute atomic E-state index is 12.4. The van der Waals surface area contributed by atoms with E-state index in [2.05, 4.69) is 65.4 Å². The number of rotatable bonds is 7. The minimum atomic E-state index is 0.0129. The largest absolute Gasteiger partial charge is 0.369 e. The van der Waals surface area contributed by atoms with Crippen LogP contribution in [-0.4, -0.2) is 62.0 Å². The van der Waals surface area contributed by atoms with Gasteiger partial charge in [0.25, 0.3) is 0 Å². The third-order valence-corrected chi connectivity index (χ3v) is 5.32. The first kappa shape index (κ1) is 20.4. The lowest BCUT2D eigenvalue weighted by molar-refractivity contribution is -0.117. The Morgan fingerprint density at radius 1 is 1.00 bits per heavy atom. The van der Waals surface area contributed by atoms with Crippen molar-refractivity contribution in [3.8, 4) is 0 Å². The molecule has 0 saturated carbocycles. The van der Waals surface area contributed by atoms with Crippen LogP contribution in [0.1, 0.15) is 18.1 Å². The Kier molecular flexibility index (Phi) is 7.06. The summed E-state index contributed by atoms with van der Waals surface area (Å²) < 4.78 is 0. The molecule has 0 aromatic heterocycles. The van der Waals surface area contributed by atoms with Gasteiger partial charge in [0, 0.05) is 44.1 Å². The van der Waals surface area contributed by atoms with Crippen LogP contribution in [0.3, 0.4) is 0 Å². The molecule has 0 radical (unpaired) electrons. The topological polar surface area (TPSA) is 38.8 Å². The van der Waals surface area contributed by atoms with E-state index >= 15 is 0 Å². The molecule has 1 heterocycles. The van der Waals surface area contributed by atoms with Crippen molar-refractivity contribution >= 4 is 17.3 Å². The first-order valence-electron chi connectivity index (χ1n) is 10.1. The molecule has 5 nitrogen and oxygen atoms in total. The molecule has 1 amide bonds. The number of carbonyl (C=O) groups excluding carboxylic acids is 1. The zero-order valence-electron chi connectivity index (χ0n) is 17.3. The van der Waals surface area contributed by atoms with E-state index in [0.717, 1.165) is 45.0 Å². The van der Waals surface area contributed by atoms with E-state index in [-0.39, 0.29) is 5.91 Å². The molecule has 1 N–H and O–H groups in total. The van der Waals surface area contributed by atoms with Gasteiger partial charge in [0.1, 0.15) is 0 Å². The number of carbonyl (C=O) groups is 1. The van der Waals surface area contributed by atoms with Gasteiger partial charge in [0.15, 0.2) is 0 Å². The third-order valence-electron chi connectivity index (χ3n) is 5.32. The van der Waals surface area contributed by atoms with Crippen molar-refractivity contribution in [1.82, 2.24) is 9.80 Å². The maximum atomic E-state index is 12.4. The summed E-state index contributed by atoms with van der Waals surface area (Å²) in [5, 5.41) is 3.01. The molecular weight excluding hydrogens is 348 g/mol. The number of likely N-dealkylation sites (N-methyl/N-ethyl adjacent to an activating group) is 2. The molecule has 1 aliphatic rings. The fraction of sp³-hybridized carbons (Fsp3) is 0.435.